The van der Waals surface area contributed by atoms with Crippen molar-refractivity contribution in [3.05, 3.63) is 83.4 Å². The molecule has 228 valence electrons. The molecule has 2 aliphatic carbocycles. The van der Waals surface area contributed by atoms with Crippen LogP contribution in [0.5, 0.6) is 0 Å². The molecule has 6 rings (SSSR count). The summed E-state index contributed by atoms with van der Waals surface area (Å²) < 4.78 is 22.3. The van der Waals surface area contributed by atoms with E-state index in [1.165, 1.54) is 31.7 Å². The van der Waals surface area contributed by atoms with Crippen LogP contribution in [0.4, 0.5) is 10.1 Å². The van der Waals surface area contributed by atoms with E-state index in [0.717, 1.165) is 60.3 Å². The van der Waals surface area contributed by atoms with Crippen LogP contribution in [-0.2, 0) is 21.4 Å². The Bertz CT molecular complexity index is 1730. The normalized spacial score (nSPS) is 16.5. The highest BCUT2D eigenvalue weighted by Gasteiger charge is 2.46. The number of nitrogens with one attached hydrogen (secondary N) is 2. The van der Waals surface area contributed by atoms with E-state index in [1.807, 2.05) is 16.1 Å². The van der Waals surface area contributed by atoms with Crippen molar-refractivity contribution in [2.75, 3.05) is 12.4 Å². The van der Waals surface area contributed by atoms with Gasteiger partial charge in [0.05, 0.1) is 18.5 Å². The van der Waals surface area contributed by atoms with Crippen molar-refractivity contribution < 1.29 is 23.5 Å². The van der Waals surface area contributed by atoms with Gasteiger partial charge in [0.15, 0.2) is 5.69 Å². The van der Waals surface area contributed by atoms with Crippen molar-refractivity contribution in [3.63, 3.8) is 0 Å². The average Bonchev–Trinajstić information content (AvgIpc) is 3.57. The first-order chi connectivity index (χ1) is 21.3. The van der Waals surface area contributed by atoms with Gasteiger partial charge < -0.3 is 19.9 Å². The van der Waals surface area contributed by atoms with Crippen LogP contribution < -0.4 is 10.6 Å². The minimum atomic E-state index is -1.03. The number of carbonyl (C=O) groups excluding carboxylic acids is 3. The van der Waals surface area contributed by atoms with Crippen molar-refractivity contribution in [2.24, 2.45) is 7.05 Å². The first kappa shape index (κ1) is 29.3. The largest absolute Gasteiger partial charge is 0.466 e. The highest BCUT2D eigenvalue weighted by Crippen LogP contribution is 2.40. The lowest BCUT2D eigenvalue weighted by Crippen LogP contribution is -2.61. The number of anilines is 1. The topological polar surface area (TPSA) is 107 Å². The smallest absolute Gasteiger partial charge is 0.330 e. The summed E-state index contributed by atoms with van der Waals surface area (Å²) in [6.45, 7) is 0. The van der Waals surface area contributed by atoms with Crippen molar-refractivity contribution in [1.82, 2.24) is 19.5 Å². The van der Waals surface area contributed by atoms with Crippen LogP contribution >= 0.6 is 0 Å². The number of nitrogens with zero attached hydrogens (tertiary/aromatic N) is 3. The molecule has 2 aromatic heterocycles. The molecular weight excluding hydrogens is 561 g/mol. The molecule has 2 N–H and O–H groups in total. The Kier molecular flexibility index (Phi) is 8.07. The molecule has 0 radical (unpaired) electrons. The van der Waals surface area contributed by atoms with Gasteiger partial charge >= 0.3 is 5.97 Å². The molecule has 4 aromatic rings. The van der Waals surface area contributed by atoms with Crippen LogP contribution in [0.1, 0.15) is 79.0 Å². The number of amides is 2. The van der Waals surface area contributed by atoms with Gasteiger partial charge in [0.1, 0.15) is 17.0 Å². The van der Waals surface area contributed by atoms with Crippen molar-refractivity contribution in [3.8, 4) is 11.3 Å². The number of ether oxygens (including phenoxy) is 1. The number of rotatable bonds is 8. The Balaban J connectivity index is 1.24. The Hall–Kier alpha value is -4.73. The van der Waals surface area contributed by atoms with E-state index in [9.17, 15) is 18.8 Å². The van der Waals surface area contributed by atoms with Crippen molar-refractivity contribution in [2.45, 2.75) is 62.8 Å². The van der Waals surface area contributed by atoms with Gasteiger partial charge in [0.25, 0.3) is 5.91 Å². The number of benzene rings is 2. The number of hydrogen-bond acceptors (Lipinski definition) is 5. The molecule has 0 unspecified atom stereocenters. The zero-order valence-corrected chi connectivity index (χ0v) is 24.9. The molecule has 0 spiro atoms. The lowest BCUT2D eigenvalue weighted by Gasteiger charge is -2.40. The molecule has 2 heterocycles. The number of fused-ring (bicyclic) bond motifs is 1. The fourth-order valence-electron chi connectivity index (χ4n) is 6.36. The molecule has 2 amide bonds. The monoisotopic (exact) mass is 597 g/mol. The number of aryl methyl sites for hydroxylation is 1. The van der Waals surface area contributed by atoms with Crippen LogP contribution in [0.3, 0.4) is 0 Å². The Morgan fingerprint density at radius 2 is 1.70 bits per heavy atom. The summed E-state index contributed by atoms with van der Waals surface area (Å²) in [5.74, 6) is -1.14. The van der Waals surface area contributed by atoms with E-state index >= 15 is 0 Å². The van der Waals surface area contributed by atoms with Crippen molar-refractivity contribution in [1.29, 1.82) is 0 Å². The summed E-state index contributed by atoms with van der Waals surface area (Å²) in [4.78, 5) is 38.4. The molecular formula is C34H36FN5O4. The van der Waals surface area contributed by atoms with Gasteiger partial charge in [-0.25, -0.2) is 13.7 Å². The van der Waals surface area contributed by atoms with Crippen LogP contribution in [0, 0.1) is 5.82 Å². The van der Waals surface area contributed by atoms with Gasteiger partial charge in [0.2, 0.25) is 5.91 Å². The predicted octanol–water partition coefficient (Wildman–Crippen LogP) is 6.00. The third-order valence-corrected chi connectivity index (χ3v) is 8.96. The maximum atomic E-state index is 13.8. The molecule has 0 atom stereocenters. The number of halogens is 1. The summed E-state index contributed by atoms with van der Waals surface area (Å²) in [5.41, 5.74) is 4.28. The molecule has 2 aliphatic rings. The molecule has 44 heavy (non-hydrogen) atoms. The number of methoxy groups -OCH3 is 1. The van der Waals surface area contributed by atoms with Gasteiger partial charge in [-0.2, -0.15) is 5.10 Å². The van der Waals surface area contributed by atoms with E-state index in [0.29, 0.717) is 18.5 Å². The molecule has 10 heteroatoms. The molecule has 0 aliphatic heterocycles. The first-order valence-electron chi connectivity index (χ1n) is 15.1. The fourth-order valence-corrected chi connectivity index (χ4v) is 6.36. The van der Waals surface area contributed by atoms with E-state index in [2.05, 4.69) is 15.4 Å². The molecule has 2 aromatic carbocycles. The van der Waals surface area contributed by atoms with Crippen LogP contribution in [0.25, 0.3) is 23.0 Å². The fraction of sp³-hybridized carbons (Fsp3) is 0.353. The second-order valence-electron chi connectivity index (χ2n) is 11.8. The summed E-state index contributed by atoms with van der Waals surface area (Å²) >= 11 is 0. The minimum Gasteiger partial charge on any atom is -0.466 e. The van der Waals surface area contributed by atoms with Crippen LogP contribution in [0.15, 0.2) is 60.7 Å². The van der Waals surface area contributed by atoms with E-state index in [-0.39, 0.29) is 23.3 Å². The SMILES string of the molecule is COC(=O)/C=C/c1ccc(NC(=O)C2(NC(=O)c3cc4n(C)c(-c5ccc(F)cc5)c(C5CCCCC5)n4n3)CCC2)cc1. The molecule has 0 bridgehead atoms. The molecule has 2 saturated carbocycles. The summed E-state index contributed by atoms with van der Waals surface area (Å²) in [6.07, 6.45) is 10.3. The zero-order chi connectivity index (χ0) is 30.8. The number of aromatic nitrogens is 3. The Morgan fingerprint density at radius 1 is 1.00 bits per heavy atom. The standard InChI is InChI=1S/C34H36FN5O4/c1-39-28-21-27(38-40(28)31(23-7-4-3-5-8-23)30(39)24-12-14-25(35)15-13-24)32(42)37-34(19-6-20-34)33(43)36-26-16-9-22(10-17-26)11-18-29(41)44-2/h9-18,21,23H,3-8,19-20H2,1-2H3,(H,36,43)(H,37,42)/b18-11+. The summed E-state index contributed by atoms with van der Waals surface area (Å²) in [5, 5.41) is 10.7. The predicted molar refractivity (Wildman–Crippen MR) is 166 cm³/mol. The van der Waals surface area contributed by atoms with E-state index in [1.54, 1.807) is 48.5 Å². The summed E-state index contributed by atoms with van der Waals surface area (Å²) in [6, 6.07) is 15.3. The Labute approximate surface area is 255 Å². The maximum Gasteiger partial charge on any atom is 0.330 e. The number of hydrogen-bond donors (Lipinski definition) is 2. The number of esters is 1. The molecule has 2 fully saturated rings. The minimum absolute atomic E-state index is 0.249. The van der Waals surface area contributed by atoms with Crippen molar-refractivity contribution >= 4 is 35.2 Å². The third-order valence-electron chi connectivity index (χ3n) is 8.96. The van der Waals surface area contributed by atoms with E-state index in [4.69, 9.17) is 5.10 Å². The third kappa shape index (κ3) is 5.64. The average molecular weight is 598 g/mol. The van der Waals surface area contributed by atoms with Gasteiger partial charge in [0, 0.05) is 36.4 Å². The number of carbonyl (C=O) groups is 3. The van der Waals surface area contributed by atoms with Crippen LogP contribution in [0.2, 0.25) is 0 Å². The zero-order valence-electron chi connectivity index (χ0n) is 24.9. The Morgan fingerprint density at radius 3 is 2.34 bits per heavy atom. The van der Waals surface area contributed by atoms with Gasteiger partial charge in [-0.3, -0.25) is 9.59 Å². The van der Waals surface area contributed by atoms with E-state index < -0.39 is 17.4 Å². The molecule has 0 saturated heterocycles. The van der Waals surface area contributed by atoms with Crippen LogP contribution in [-0.4, -0.2) is 44.6 Å². The summed E-state index contributed by atoms with van der Waals surface area (Å²) in [7, 11) is 3.26. The first-order valence-corrected chi connectivity index (χ1v) is 15.1. The lowest BCUT2D eigenvalue weighted by atomic mass is 9.75. The second-order valence-corrected chi connectivity index (χ2v) is 11.8. The maximum absolute atomic E-state index is 13.8. The highest BCUT2D eigenvalue weighted by atomic mass is 19.1. The quantitative estimate of drug-likeness (QED) is 0.191. The van der Waals surface area contributed by atoms with Gasteiger partial charge in [-0.1, -0.05) is 31.4 Å². The van der Waals surface area contributed by atoms with Gasteiger partial charge in [-0.15, -0.1) is 0 Å². The lowest BCUT2D eigenvalue weighted by molar-refractivity contribution is -0.134. The second kappa shape index (κ2) is 12.1. The highest BCUT2D eigenvalue weighted by molar-refractivity contribution is 6.04. The molecule has 9 nitrogen and oxygen atoms in total. The van der Waals surface area contributed by atoms with Gasteiger partial charge in [-0.05, 0) is 80.1 Å². The number of imidazole rings is 1.